The molecule has 0 atom stereocenters. The van der Waals surface area contributed by atoms with E-state index in [2.05, 4.69) is 26.2 Å². The van der Waals surface area contributed by atoms with Gasteiger partial charge in [-0.25, -0.2) is 4.98 Å². The Kier molecular flexibility index (Phi) is 5.64. The van der Waals surface area contributed by atoms with Crippen LogP contribution in [0.15, 0.2) is 16.7 Å². The number of carbonyl (C=O) groups is 1. The highest BCUT2D eigenvalue weighted by Crippen LogP contribution is 2.27. The molecule has 1 aliphatic rings. The number of hydrogen-bond donors (Lipinski definition) is 1. The van der Waals surface area contributed by atoms with Crippen LogP contribution in [0.5, 0.6) is 0 Å². The molecule has 0 radical (unpaired) electrons. The van der Waals surface area contributed by atoms with Gasteiger partial charge in [0.2, 0.25) is 5.91 Å². The fraction of sp³-hybridized carbons (Fsp3) is 0.571. The predicted octanol–water partition coefficient (Wildman–Crippen LogP) is 4.80. The molecule has 1 N–H and O–H groups in total. The van der Waals surface area contributed by atoms with Crippen LogP contribution >= 0.6 is 27.5 Å². The third-order valence-electron chi connectivity index (χ3n) is 3.54. The Hall–Kier alpha value is -0.610. The molecule has 1 aromatic rings. The smallest absolute Gasteiger partial charge is 0.227 e. The largest absolute Gasteiger partial charge is 0.323 e. The minimum Gasteiger partial charge on any atom is -0.323 e. The van der Waals surface area contributed by atoms with E-state index < -0.39 is 0 Å². The number of anilines is 1. The number of amides is 1. The minimum absolute atomic E-state index is 0.0729. The number of hydrogen-bond acceptors (Lipinski definition) is 2. The first-order valence-electron chi connectivity index (χ1n) is 6.79. The van der Waals surface area contributed by atoms with E-state index in [-0.39, 0.29) is 11.8 Å². The van der Waals surface area contributed by atoms with Crippen molar-refractivity contribution in [1.82, 2.24) is 4.98 Å². The standard InChI is InChI=1S/C14H18BrClN2O/c15-11-8-12(13(16)17-9-11)18-14(19)10-6-4-2-1-3-5-7-10/h8-10H,1-7H2,(H,18,19). The molecule has 0 spiro atoms. The third-order valence-corrected chi connectivity index (χ3v) is 4.27. The van der Waals surface area contributed by atoms with Gasteiger partial charge in [-0.3, -0.25) is 4.79 Å². The number of carbonyl (C=O) groups excluding carboxylic acids is 1. The Morgan fingerprint density at radius 3 is 2.58 bits per heavy atom. The summed E-state index contributed by atoms with van der Waals surface area (Å²) in [4.78, 5) is 16.3. The molecule has 19 heavy (non-hydrogen) atoms. The molecule has 0 aliphatic heterocycles. The van der Waals surface area contributed by atoms with Crippen molar-refractivity contribution in [3.8, 4) is 0 Å². The molecule has 0 saturated heterocycles. The summed E-state index contributed by atoms with van der Waals surface area (Å²) in [6.07, 6.45) is 9.64. The summed E-state index contributed by atoms with van der Waals surface area (Å²) in [6, 6.07) is 1.79. The second-order valence-electron chi connectivity index (χ2n) is 5.02. The van der Waals surface area contributed by atoms with Crippen LogP contribution in [0.3, 0.4) is 0 Å². The van der Waals surface area contributed by atoms with Gasteiger partial charge in [0.1, 0.15) is 0 Å². The Bertz CT molecular complexity index is 445. The Morgan fingerprint density at radius 1 is 1.26 bits per heavy atom. The van der Waals surface area contributed by atoms with Gasteiger partial charge in [0.05, 0.1) is 5.69 Å². The third kappa shape index (κ3) is 4.46. The summed E-state index contributed by atoms with van der Waals surface area (Å²) in [5, 5.41) is 3.24. The van der Waals surface area contributed by atoms with E-state index in [1.165, 1.54) is 19.3 Å². The van der Waals surface area contributed by atoms with Crippen molar-refractivity contribution in [3.05, 3.63) is 21.9 Å². The van der Waals surface area contributed by atoms with Crippen LogP contribution in [-0.4, -0.2) is 10.9 Å². The summed E-state index contributed by atoms with van der Waals surface area (Å²) >= 11 is 9.32. The zero-order valence-electron chi connectivity index (χ0n) is 10.8. The van der Waals surface area contributed by atoms with E-state index in [0.29, 0.717) is 10.8 Å². The maximum Gasteiger partial charge on any atom is 0.227 e. The summed E-state index contributed by atoms with van der Waals surface area (Å²) in [6.45, 7) is 0. The van der Waals surface area contributed by atoms with E-state index in [1.54, 1.807) is 12.3 Å². The van der Waals surface area contributed by atoms with Gasteiger partial charge in [-0.2, -0.15) is 0 Å². The van der Waals surface area contributed by atoms with Crippen LogP contribution in [0.1, 0.15) is 44.9 Å². The van der Waals surface area contributed by atoms with Gasteiger partial charge >= 0.3 is 0 Å². The van der Waals surface area contributed by atoms with Gasteiger partial charge in [-0.15, -0.1) is 0 Å². The van der Waals surface area contributed by atoms with E-state index in [9.17, 15) is 4.79 Å². The quantitative estimate of drug-likeness (QED) is 0.783. The number of aromatic nitrogens is 1. The summed E-state index contributed by atoms with van der Waals surface area (Å²) in [5.41, 5.74) is 0.586. The first-order chi connectivity index (χ1) is 9.16. The van der Waals surface area contributed by atoms with E-state index >= 15 is 0 Å². The maximum atomic E-state index is 12.3. The summed E-state index contributed by atoms with van der Waals surface area (Å²) in [7, 11) is 0. The molecule has 1 aromatic heterocycles. The molecule has 2 rings (SSSR count). The van der Waals surface area contributed by atoms with Crippen molar-refractivity contribution in [2.45, 2.75) is 44.9 Å². The number of halogens is 2. The zero-order valence-corrected chi connectivity index (χ0v) is 13.1. The van der Waals surface area contributed by atoms with Crippen LogP contribution in [0.25, 0.3) is 0 Å². The average molecular weight is 346 g/mol. The van der Waals surface area contributed by atoms with Crippen molar-refractivity contribution < 1.29 is 4.79 Å². The van der Waals surface area contributed by atoms with Crippen LogP contribution < -0.4 is 5.32 Å². The second kappa shape index (κ2) is 7.25. The molecule has 1 fully saturated rings. The molecule has 104 valence electrons. The van der Waals surface area contributed by atoms with Crippen LogP contribution in [0, 0.1) is 5.92 Å². The lowest BCUT2D eigenvalue weighted by Crippen LogP contribution is -2.23. The Labute approximate surface area is 127 Å². The van der Waals surface area contributed by atoms with Gasteiger partial charge in [0.15, 0.2) is 5.15 Å². The number of nitrogens with one attached hydrogen (secondary N) is 1. The maximum absolute atomic E-state index is 12.3. The first kappa shape index (κ1) is 14.8. The molecular formula is C14H18BrClN2O. The molecule has 0 aromatic carbocycles. The van der Waals surface area contributed by atoms with Crippen LogP contribution in [0.4, 0.5) is 5.69 Å². The summed E-state index contributed by atoms with van der Waals surface area (Å²) in [5.74, 6) is 0.180. The fourth-order valence-electron chi connectivity index (χ4n) is 2.46. The van der Waals surface area contributed by atoms with Crippen molar-refractivity contribution in [3.63, 3.8) is 0 Å². The molecule has 1 aliphatic carbocycles. The highest BCUT2D eigenvalue weighted by molar-refractivity contribution is 9.10. The average Bonchev–Trinajstić information content (AvgIpc) is 2.33. The molecule has 3 nitrogen and oxygen atoms in total. The normalized spacial score (nSPS) is 17.6. The first-order valence-corrected chi connectivity index (χ1v) is 7.96. The predicted molar refractivity (Wildman–Crippen MR) is 81.4 cm³/mol. The fourth-order valence-corrected chi connectivity index (χ4v) is 2.95. The Morgan fingerprint density at radius 2 is 1.89 bits per heavy atom. The second-order valence-corrected chi connectivity index (χ2v) is 6.30. The Balaban J connectivity index is 2.00. The molecule has 0 unspecified atom stereocenters. The number of nitrogens with zero attached hydrogens (tertiary/aromatic N) is 1. The SMILES string of the molecule is O=C(Nc1cc(Br)cnc1Cl)C1CCCCCCC1. The van der Waals surface area contributed by atoms with Crippen LogP contribution in [-0.2, 0) is 4.79 Å². The highest BCUT2D eigenvalue weighted by Gasteiger charge is 2.20. The van der Waals surface area contributed by atoms with Crippen molar-refractivity contribution in [2.24, 2.45) is 5.92 Å². The molecule has 1 amide bonds. The van der Waals surface area contributed by atoms with Gasteiger partial charge in [-0.05, 0) is 34.8 Å². The minimum atomic E-state index is 0.0729. The van der Waals surface area contributed by atoms with Gasteiger partial charge in [0.25, 0.3) is 0 Å². The summed E-state index contributed by atoms with van der Waals surface area (Å²) < 4.78 is 0.810. The highest BCUT2D eigenvalue weighted by atomic mass is 79.9. The molecule has 1 saturated carbocycles. The molecular weight excluding hydrogens is 328 g/mol. The number of pyridine rings is 1. The van der Waals surface area contributed by atoms with Crippen molar-refractivity contribution in [1.29, 1.82) is 0 Å². The van der Waals surface area contributed by atoms with Crippen molar-refractivity contribution in [2.75, 3.05) is 5.32 Å². The topological polar surface area (TPSA) is 42.0 Å². The van der Waals surface area contributed by atoms with Crippen molar-refractivity contribution >= 4 is 39.1 Å². The monoisotopic (exact) mass is 344 g/mol. The number of rotatable bonds is 2. The zero-order chi connectivity index (χ0) is 13.7. The van der Waals surface area contributed by atoms with Gasteiger partial charge in [0, 0.05) is 16.6 Å². The lowest BCUT2D eigenvalue weighted by Gasteiger charge is -2.19. The van der Waals surface area contributed by atoms with Gasteiger partial charge < -0.3 is 5.32 Å². The van der Waals surface area contributed by atoms with E-state index in [0.717, 1.165) is 30.2 Å². The lowest BCUT2D eigenvalue weighted by molar-refractivity contribution is -0.120. The molecule has 0 bridgehead atoms. The molecule has 1 heterocycles. The van der Waals surface area contributed by atoms with E-state index in [1.807, 2.05) is 0 Å². The lowest BCUT2D eigenvalue weighted by atomic mass is 9.90. The molecule has 5 heteroatoms. The van der Waals surface area contributed by atoms with Gasteiger partial charge in [-0.1, -0.05) is 43.7 Å². The van der Waals surface area contributed by atoms with Crippen LogP contribution in [0.2, 0.25) is 5.15 Å². The van der Waals surface area contributed by atoms with E-state index in [4.69, 9.17) is 11.6 Å².